The van der Waals surface area contributed by atoms with Crippen LogP contribution in [0.4, 0.5) is 10.2 Å². The topological polar surface area (TPSA) is 62.7 Å². The fourth-order valence-corrected chi connectivity index (χ4v) is 3.55. The number of fused-ring (bicyclic) bond motifs is 1. The summed E-state index contributed by atoms with van der Waals surface area (Å²) in [5, 5.41) is 9.54. The van der Waals surface area contributed by atoms with E-state index < -0.39 is 0 Å². The van der Waals surface area contributed by atoms with Gasteiger partial charge in [0.05, 0.1) is 0 Å². The van der Waals surface area contributed by atoms with E-state index in [1.54, 1.807) is 12.1 Å². The van der Waals surface area contributed by atoms with Gasteiger partial charge < -0.3 is 5.73 Å². The molecule has 2 N–H and O–H groups in total. The lowest BCUT2D eigenvalue weighted by molar-refractivity contribution is 0.419. The molecule has 1 aliphatic carbocycles. The highest BCUT2D eigenvalue weighted by molar-refractivity contribution is 5.79. The summed E-state index contributed by atoms with van der Waals surface area (Å²) in [5.74, 6) is 0.607. The Hall–Kier alpha value is -2.41. The van der Waals surface area contributed by atoms with Crippen LogP contribution in [0.5, 0.6) is 0 Å². The van der Waals surface area contributed by atoms with Crippen LogP contribution in [0.2, 0.25) is 0 Å². The molecule has 0 radical (unpaired) electrons. The van der Waals surface area contributed by atoms with Crippen molar-refractivity contribution in [3.05, 3.63) is 46.9 Å². The summed E-state index contributed by atoms with van der Waals surface area (Å²) in [6.45, 7) is 2.19. The first kappa shape index (κ1) is 15.5. The van der Waals surface area contributed by atoms with Crippen LogP contribution in [0.25, 0.3) is 11.1 Å². The first-order valence-electron chi connectivity index (χ1n) is 8.11. The number of nitrogen functional groups attached to an aromatic ring is 1. The second-order valence-electron chi connectivity index (χ2n) is 6.19. The van der Waals surface area contributed by atoms with Crippen molar-refractivity contribution in [2.24, 2.45) is 5.92 Å². The molecule has 1 atom stereocenters. The van der Waals surface area contributed by atoms with Crippen LogP contribution in [0.15, 0.2) is 24.3 Å². The average Bonchev–Trinajstić information content (AvgIpc) is 2.55. The van der Waals surface area contributed by atoms with Crippen molar-refractivity contribution in [2.75, 3.05) is 5.73 Å². The Kier molecular flexibility index (Phi) is 4.29. The van der Waals surface area contributed by atoms with E-state index in [0.717, 1.165) is 48.1 Å². The van der Waals surface area contributed by atoms with Gasteiger partial charge in [0.2, 0.25) is 0 Å². The third-order valence-electron chi connectivity index (χ3n) is 4.64. The Bertz CT molecular complexity index is 760. The minimum Gasteiger partial charge on any atom is -0.383 e. The highest BCUT2D eigenvalue weighted by atomic mass is 19.1. The number of aryl methyl sites for hydroxylation is 1. The molecule has 23 heavy (non-hydrogen) atoms. The minimum absolute atomic E-state index is 0.277. The van der Waals surface area contributed by atoms with Crippen LogP contribution >= 0.6 is 0 Å². The zero-order valence-corrected chi connectivity index (χ0v) is 13.3. The number of nitrogens with zero attached hydrogens (tertiary/aromatic N) is 2. The second kappa shape index (κ2) is 6.37. The maximum Gasteiger partial charge on any atom is 0.142 e. The predicted octanol–water partition coefficient (Wildman–Crippen LogP) is 4.25. The lowest BCUT2D eigenvalue weighted by Crippen LogP contribution is -2.18. The number of aromatic nitrogens is 1. The predicted molar refractivity (Wildman–Crippen MR) is 89.2 cm³/mol. The molecule has 3 nitrogen and oxygen atoms in total. The molecule has 0 bridgehead atoms. The van der Waals surface area contributed by atoms with E-state index in [-0.39, 0.29) is 11.6 Å². The van der Waals surface area contributed by atoms with Crippen LogP contribution in [0.3, 0.4) is 0 Å². The zero-order chi connectivity index (χ0) is 16.4. The van der Waals surface area contributed by atoms with Gasteiger partial charge in [-0.3, -0.25) is 0 Å². The number of rotatable bonds is 3. The zero-order valence-electron chi connectivity index (χ0n) is 13.3. The third-order valence-corrected chi connectivity index (χ3v) is 4.64. The summed E-state index contributed by atoms with van der Waals surface area (Å²) in [5.41, 5.74) is 10.2. The van der Waals surface area contributed by atoms with Gasteiger partial charge in [-0.2, -0.15) is 5.26 Å². The molecule has 3 rings (SSSR count). The fraction of sp³-hybridized carbons (Fsp3) is 0.368. The molecule has 0 aliphatic heterocycles. The van der Waals surface area contributed by atoms with Crippen LogP contribution < -0.4 is 5.73 Å². The monoisotopic (exact) mass is 309 g/mol. The van der Waals surface area contributed by atoms with Gasteiger partial charge in [-0.05, 0) is 48.4 Å². The molecule has 1 heterocycles. The van der Waals surface area contributed by atoms with Gasteiger partial charge in [0.1, 0.15) is 23.3 Å². The fourth-order valence-electron chi connectivity index (χ4n) is 3.55. The number of nitrogens with two attached hydrogens (primary N) is 1. The van der Waals surface area contributed by atoms with E-state index in [2.05, 4.69) is 18.0 Å². The molecule has 1 unspecified atom stereocenters. The smallest absolute Gasteiger partial charge is 0.142 e. The average molecular weight is 309 g/mol. The lowest BCUT2D eigenvalue weighted by atomic mass is 9.79. The molecule has 0 saturated carbocycles. The lowest BCUT2D eigenvalue weighted by Gasteiger charge is -2.27. The SMILES string of the molecule is CCCC1CCc2nc(N)c(C#N)c(-c3ccc(F)cc3)c2C1. The summed E-state index contributed by atoms with van der Waals surface area (Å²) >= 11 is 0. The Morgan fingerprint density at radius 1 is 1.35 bits per heavy atom. The number of hydrogen-bond donors (Lipinski definition) is 1. The number of benzene rings is 1. The first-order chi connectivity index (χ1) is 11.1. The molecule has 0 spiro atoms. The number of pyridine rings is 1. The van der Waals surface area contributed by atoms with E-state index >= 15 is 0 Å². The third kappa shape index (κ3) is 2.92. The Labute approximate surface area is 136 Å². The van der Waals surface area contributed by atoms with Crippen molar-refractivity contribution >= 4 is 5.82 Å². The summed E-state index contributed by atoms with van der Waals surface area (Å²) in [7, 11) is 0. The maximum atomic E-state index is 13.3. The van der Waals surface area contributed by atoms with Gasteiger partial charge in [-0.1, -0.05) is 31.9 Å². The maximum absolute atomic E-state index is 13.3. The highest BCUT2D eigenvalue weighted by Crippen LogP contribution is 2.38. The molecule has 1 aromatic heterocycles. The van der Waals surface area contributed by atoms with E-state index in [1.807, 2.05) is 0 Å². The molecule has 0 saturated heterocycles. The van der Waals surface area contributed by atoms with Crippen LogP contribution in [0, 0.1) is 23.1 Å². The van der Waals surface area contributed by atoms with Gasteiger partial charge >= 0.3 is 0 Å². The molecule has 1 aromatic carbocycles. The molecule has 118 valence electrons. The van der Waals surface area contributed by atoms with Crippen molar-refractivity contribution in [3.63, 3.8) is 0 Å². The Morgan fingerprint density at radius 2 is 2.09 bits per heavy atom. The first-order valence-corrected chi connectivity index (χ1v) is 8.11. The molecule has 2 aromatic rings. The minimum atomic E-state index is -0.285. The molecule has 1 aliphatic rings. The van der Waals surface area contributed by atoms with Crippen LogP contribution in [-0.4, -0.2) is 4.98 Å². The van der Waals surface area contributed by atoms with Gasteiger partial charge in [0.15, 0.2) is 0 Å². The van der Waals surface area contributed by atoms with Crippen molar-refractivity contribution < 1.29 is 4.39 Å². The standard InChI is InChI=1S/C19H20FN3/c1-2-3-12-4-9-17-15(10-12)18(16(11-21)19(22)23-17)13-5-7-14(20)8-6-13/h5-8,12H,2-4,9-10H2,1H3,(H2,22,23). The second-order valence-corrected chi connectivity index (χ2v) is 6.19. The normalized spacial score (nSPS) is 16.7. The van der Waals surface area contributed by atoms with E-state index in [9.17, 15) is 9.65 Å². The molecule has 4 heteroatoms. The molecule has 0 fully saturated rings. The number of nitriles is 1. The quantitative estimate of drug-likeness (QED) is 0.922. The Morgan fingerprint density at radius 3 is 2.74 bits per heavy atom. The van der Waals surface area contributed by atoms with Gasteiger partial charge in [0, 0.05) is 11.3 Å². The summed E-state index contributed by atoms with van der Waals surface area (Å²) in [6, 6.07) is 8.47. The summed E-state index contributed by atoms with van der Waals surface area (Å²) < 4.78 is 13.3. The van der Waals surface area contributed by atoms with Crippen molar-refractivity contribution in [3.8, 4) is 17.2 Å². The van der Waals surface area contributed by atoms with Gasteiger partial charge in [-0.25, -0.2) is 9.37 Å². The van der Waals surface area contributed by atoms with Crippen molar-refractivity contribution in [1.82, 2.24) is 4.98 Å². The van der Waals surface area contributed by atoms with E-state index in [0.29, 0.717) is 11.5 Å². The van der Waals surface area contributed by atoms with Crippen molar-refractivity contribution in [2.45, 2.75) is 39.0 Å². The number of hydrogen-bond acceptors (Lipinski definition) is 3. The van der Waals surface area contributed by atoms with Crippen molar-refractivity contribution in [1.29, 1.82) is 5.26 Å². The van der Waals surface area contributed by atoms with E-state index in [4.69, 9.17) is 5.73 Å². The summed E-state index contributed by atoms with van der Waals surface area (Å²) in [4.78, 5) is 4.46. The highest BCUT2D eigenvalue weighted by Gasteiger charge is 2.26. The Balaban J connectivity index is 2.18. The van der Waals surface area contributed by atoms with Gasteiger partial charge in [-0.15, -0.1) is 0 Å². The number of anilines is 1. The summed E-state index contributed by atoms with van der Waals surface area (Å²) in [6.07, 6.45) is 5.25. The number of halogens is 1. The largest absolute Gasteiger partial charge is 0.383 e. The van der Waals surface area contributed by atoms with E-state index in [1.165, 1.54) is 18.6 Å². The molecule has 0 amide bonds. The van der Waals surface area contributed by atoms with Crippen LogP contribution in [0.1, 0.15) is 43.0 Å². The van der Waals surface area contributed by atoms with Crippen LogP contribution in [-0.2, 0) is 12.8 Å². The molecular weight excluding hydrogens is 289 g/mol. The molecular formula is C19H20FN3. The van der Waals surface area contributed by atoms with Gasteiger partial charge in [0.25, 0.3) is 0 Å².